The van der Waals surface area contributed by atoms with Crippen LogP contribution in [0.5, 0.6) is 11.5 Å². The van der Waals surface area contributed by atoms with E-state index in [1.54, 1.807) is 24.3 Å². The van der Waals surface area contributed by atoms with Crippen molar-refractivity contribution in [3.8, 4) is 11.5 Å². The normalized spacial score (nSPS) is 11.9. The first-order chi connectivity index (χ1) is 18.1. The minimum absolute atomic E-state index is 0.0849. The van der Waals surface area contributed by atoms with Crippen LogP contribution in [0, 0.1) is 0 Å². The highest BCUT2D eigenvalue weighted by molar-refractivity contribution is 6.06. The quantitative estimate of drug-likeness (QED) is 0.360. The number of hydrogen-bond acceptors (Lipinski definition) is 6. The maximum Gasteiger partial charge on any atom is 0.364 e. The van der Waals surface area contributed by atoms with E-state index < -0.39 is 35.9 Å². The number of methoxy groups -OCH3 is 2. The van der Waals surface area contributed by atoms with Crippen LogP contribution in [-0.4, -0.2) is 44.0 Å². The third-order valence-corrected chi connectivity index (χ3v) is 5.45. The van der Waals surface area contributed by atoms with Crippen LogP contribution >= 0.6 is 0 Å². The second-order valence-electron chi connectivity index (χ2n) is 8.48. The summed E-state index contributed by atoms with van der Waals surface area (Å²) >= 11 is 0. The molecular weight excluding hydrogens is 498 g/mol. The number of nitrogens with one attached hydrogen (secondary N) is 2. The third-order valence-electron chi connectivity index (χ3n) is 5.45. The predicted octanol–water partition coefficient (Wildman–Crippen LogP) is 5.01. The number of esters is 1. The molecule has 0 saturated carbocycles. The van der Waals surface area contributed by atoms with Crippen molar-refractivity contribution < 1.29 is 37.4 Å². The van der Waals surface area contributed by atoms with Crippen LogP contribution in [0.15, 0.2) is 72.8 Å². The van der Waals surface area contributed by atoms with Gasteiger partial charge in [0.25, 0.3) is 11.8 Å². The number of halogens is 2. The summed E-state index contributed by atoms with van der Waals surface area (Å²) in [6.45, 7) is 3.04. The van der Waals surface area contributed by atoms with Crippen LogP contribution in [0.4, 0.5) is 14.5 Å². The molecule has 10 heteroatoms. The number of amides is 2. The molecule has 2 amide bonds. The van der Waals surface area contributed by atoms with E-state index in [2.05, 4.69) is 10.6 Å². The number of hydrogen-bond donors (Lipinski definition) is 2. The molecule has 3 aromatic rings. The fourth-order valence-electron chi connectivity index (χ4n) is 3.66. The van der Waals surface area contributed by atoms with Crippen LogP contribution in [0.1, 0.15) is 46.2 Å². The van der Waals surface area contributed by atoms with Crippen LogP contribution < -0.4 is 20.1 Å². The second-order valence-corrected chi connectivity index (χ2v) is 8.48. The summed E-state index contributed by atoms with van der Waals surface area (Å²) in [4.78, 5) is 38.7. The molecular formula is C28H28F2N2O6. The van der Waals surface area contributed by atoms with Gasteiger partial charge in [0.2, 0.25) is 6.10 Å². The Morgan fingerprint density at radius 1 is 0.789 bits per heavy atom. The van der Waals surface area contributed by atoms with Gasteiger partial charge in [0.15, 0.2) is 0 Å². The molecule has 0 aliphatic rings. The molecule has 3 rings (SSSR count). The predicted molar refractivity (Wildman–Crippen MR) is 137 cm³/mol. The molecule has 1 atom stereocenters. The number of alkyl halides is 2. The Balaban J connectivity index is 2.06. The molecule has 0 bridgehead atoms. The van der Waals surface area contributed by atoms with Crippen molar-refractivity contribution in [3.63, 3.8) is 0 Å². The Morgan fingerprint density at radius 3 is 1.92 bits per heavy atom. The number of rotatable bonds is 10. The van der Waals surface area contributed by atoms with Crippen LogP contribution in [0.3, 0.4) is 0 Å². The zero-order valence-electron chi connectivity index (χ0n) is 21.3. The van der Waals surface area contributed by atoms with Gasteiger partial charge in [-0.25, -0.2) is 4.79 Å². The molecule has 3 aromatic carbocycles. The smallest absolute Gasteiger partial charge is 0.364 e. The van der Waals surface area contributed by atoms with Gasteiger partial charge in [0.1, 0.15) is 17.1 Å². The summed E-state index contributed by atoms with van der Waals surface area (Å²) in [5.74, 6) is -7.29. The molecule has 0 radical (unpaired) electrons. The lowest BCUT2D eigenvalue weighted by Gasteiger charge is -2.28. The van der Waals surface area contributed by atoms with Crippen molar-refractivity contribution in [1.82, 2.24) is 5.32 Å². The van der Waals surface area contributed by atoms with E-state index in [0.29, 0.717) is 0 Å². The second kappa shape index (κ2) is 12.2. The first-order valence-corrected chi connectivity index (χ1v) is 11.7. The average molecular weight is 527 g/mol. The van der Waals surface area contributed by atoms with Gasteiger partial charge < -0.3 is 24.8 Å². The Hall–Kier alpha value is -4.47. The highest BCUT2D eigenvalue weighted by Crippen LogP contribution is 2.40. The summed E-state index contributed by atoms with van der Waals surface area (Å²) in [6.07, 6.45) is -2.40. The Kier molecular flexibility index (Phi) is 9.01. The van der Waals surface area contributed by atoms with E-state index in [1.807, 2.05) is 0 Å². The monoisotopic (exact) mass is 526 g/mol. The van der Waals surface area contributed by atoms with Crippen molar-refractivity contribution in [1.29, 1.82) is 0 Å². The van der Waals surface area contributed by atoms with E-state index in [0.717, 1.165) is 0 Å². The molecule has 0 aromatic heterocycles. The van der Waals surface area contributed by atoms with E-state index in [1.165, 1.54) is 76.6 Å². The summed E-state index contributed by atoms with van der Waals surface area (Å²) < 4.78 is 47.0. The van der Waals surface area contributed by atoms with Crippen LogP contribution in [0.2, 0.25) is 0 Å². The number of carbonyl (C=O) groups is 3. The number of para-hydroxylation sites is 3. The largest absolute Gasteiger partial charge is 0.496 e. The lowest BCUT2D eigenvalue weighted by Crippen LogP contribution is -2.48. The van der Waals surface area contributed by atoms with Crippen LogP contribution in [0.25, 0.3) is 0 Å². The third kappa shape index (κ3) is 6.26. The fourth-order valence-corrected chi connectivity index (χ4v) is 3.66. The molecule has 0 spiro atoms. The number of ether oxygens (including phenoxy) is 3. The first kappa shape index (κ1) is 28.1. The van der Waals surface area contributed by atoms with Gasteiger partial charge >= 0.3 is 11.9 Å². The van der Waals surface area contributed by atoms with Gasteiger partial charge in [-0.05, 0) is 44.2 Å². The maximum absolute atomic E-state index is 15.7. The molecule has 200 valence electrons. The highest BCUT2D eigenvalue weighted by Gasteiger charge is 2.52. The van der Waals surface area contributed by atoms with Crippen molar-refractivity contribution in [2.75, 3.05) is 19.5 Å². The highest BCUT2D eigenvalue weighted by atomic mass is 19.3. The van der Waals surface area contributed by atoms with Gasteiger partial charge in [0, 0.05) is 17.3 Å². The van der Waals surface area contributed by atoms with Gasteiger partial charge in [-0.3, -0.25) is 9.59 Å². The Morgan fingerprint density at radius 2 is 1.32 bits per heavy atom. The summed E-state index contributed by atoms with van der Waals surface area (Å²) in [6, 6.07) is 17.2. The van der Waals surface area contributed by atoms with Crippen molar-refractivity contribution >= 4 is 23.5 Å². The zero-order chi connectivity index (χ0) is 27.9. The standard InChI is InChI=1S/C28H28F2N2O6/c1-17(2)31-27(35)28(29,30)24(38-26(34)20-13-7-10-16-23(20)37-4)18-11-5-8-14-21(18)32-25(33)19-12-6-9-15-22(19)36-3/h5-17,24H,1-4H3,(H,31,35)(H,32,33). The minimum Gasteiger partial charge on any atom is -0.496 e. The van der Waals surface area contributed by atoms with Crippen molar-refractivity contribution in [2.24, 2.45) is 0 Å². The van der Waals surface area contributed by atoms with E-state index in [-0.39, 0.29) is 33.9 Å². The molecule has 38 heavy (non-hydrogen) atoms. The van der Waals surface area contributed by atoms with Crippen LogP contribution in [-0.2, 0) is 9.53 Å². The van der Waals surface area contributed by atoms with E-state index >= 15 is 8.78 Å². The molecule has 1 unspecified atom stereocenters. The van der Waals surface area contributed by atoms with Gasteiger partial charge in [0.05, 0.1) is 19.8 Å². The molecule has 0 heterocycles. The summed E-state index contributed by atoms with van der Waals surface area (Å²) in [5, 5.41) is 4.73. The van der Waals surface area contributed by atoms with Gasteiger partial charge in [-0.1, -0.05) is 42.5 Å². The van der Waals surface area contributed by atoms with Crippen molar-refractivity contribution in [3.05, 3.63) is 89.5 Å². The van der Waals surface area contributed by atoms with E-state index in [4.69, 9.17) is 14.2 Å². The lowest BCUT2D eigenvalue weighted by atomic mass is 9.99. The molecule has 0 aliphatic carbocycles. The first-order valence-electron chi connectivity index (χ1n) is 11.7. The van der Waals surface area contributed by atoms with Gasteiger partial charge in [-0.2, -0.15) is 8.78 Å². The zero-order valence-corrected chi connectivity index (χ0v) is 21.3. The average Bonchev–Trinajstić information content (AvgIpc) is 2.91. The topological polar surface area (TPSA) is 103 Å². The summed E-state index contributed by atoms with van der Waals surface area (Å²) in [7, 11) is 2.71. The number of anilines is 1. The Labute approximate surface area is 218 Å². The lowest BCUT2D eigenvalue weighted by molar-refractivity contribution is -0.165. The number of carbonyl (C=O) groups excluding carboxylic acids is 3. The van der Waals surface area contributed by atoms with Crippen molar-refractivity contribution in [2.45, 2.75) is 31.9 Å². The molecule has 0 aliphatic heterocycles. The molecule has 0 saturated heterocycles. The molecule has 8 nitrogen and oxygen atoms in total. The Bertz CT molecular complexity index is 1310. The van der Waals surface area contributed by atoms with Gasteiger partial charge in [-0.15, -0.1) is 0 Å². The molecule has 2 N–H and O–H groups in total. The fraction of sp³-hybridized carbons (Fsp3) is 0.250. The minimum atomic E-state index is -4.22. The summed E-state index contributed by atoms with van der Waals surface area (Å²) in [5.41, 5.74) is -0.339. The SMILES string of the molecule is COc1ccccc1C(=O)Nc1ccccc1C(OC(=O)c1ccccc1OC)C(F)(F)C(=O)NC(C)C. The van der Waals surface area contributed by atoms with E-state index in [9.17, 15) is 14.4 Å². The molecule has 0 fully saturated rings. The maximum atomic E-state index is 15.7. The number of benzene rings is 3.